The molecule has 5 atom stereocenters. The van der Waals surface area contributed by atoms with Gasteiger partial charge in [0.25, 0.3) is 0 Å². The van der Waals surface area contributed by atoms with Gasteiger partial charge in [0.1, 0.15) is 18.0 Å². The Morgan fingerprint density at radius 2 is 2.04 bits per heavy atom. The van der Waals surface area contributed by atoms with Gasteiger partial charge in [-0.15, -0.1) is 0 Å². The standard InChI is InChI=1S/C14H15BrClNO6/c15-13(6-18)14(16,21)11(20)10(19)12(23-13)22-9-5-17-8-4-2-1-3-7(8)9/h1-5,10-12,17-21H,6H2/t10-,11-,12+,13-,14+/m1/s1. The highest BCUT2D eigenvalue weighted by molar-refractivity contribution is 9.10. The second-order valence-electron chi connectivity index (χ2n) is 5.30. The first-order chi connectivity index (χ1) is 10.8. The van der Waals surface area contributed by atoms with Crippen LogP contribution in [0.25, 0.3) is 10.9 Å². The Morgan fingerprint density at radius 1 is 1.35 bits per heavy atom. The minimum atomic E-state index is -2.44. The molecule has 126 valence electrons. The van der Waals surface area contributed by atoms with Gasteiger partial charge in [-0.25, -0.2) is 0 Å². The summed E-state index contributed by atoms with van der Waals surface area (Å²) in [5.74, 6) is 0.379. The molecule has 1 fully saturated rings. The van der Waals surface area contributed by atoms with Gasteiger partial charge < -0.3 is 34.9 Å². The molecule has 0 aliphatic carbocycles. The van der Waals surface area contributed by atoms with E-state index in [-0.39, 0.29) is 0 Å². The molecule has 1 aromatic heterocycles. The molecule has 0 radical (unpaired) electrons. The average Bonchev–Trinajstić information content (AvgIpc) is 2.94. The predicted molar refractivity (Wildman–Crippen MR) is 85.4 cm³/mol. The van der Waals surface area contributed by atoms with Crippen molar-refractivity contribution in [1.29, 1.82) is 0 Å². The van der Waals surface area contributed by atoms with E-state index in [4.69, 9.17) is 21.1 Å². The molecule has 1 aromatic carbocycles. The molecule has 0 unspecified atom stereocenters. The molecule has 2 heterocycles. The summed E-state index contributed by atoms with van der Waals surface area (Å²) < 4.78 is 9.08. The minimum absolute atomic E-state index is 0.379. The largest absolute Gasteiger partial charge is 0.460 e. The number of fused-ring (bicyclic) bond motifs is 1. The number of aliphatic hydroxyl groups excluding tert-OH is 3. The van der Waals surface area contributed by atoms with Crippen molar-refractivity contribution in [2.45, 2.75) is 28.1 Å². The van der Waals surface area contributed by atoms with Gasteiger partial charge in [-0.2, -0.15) is 0 Å². The molecule has 1 aliphatic rings. The summed E-state index contributed by atoms with van der Waals surface area (Å²) in [6.45, 7) is -0.759. The highest BCUT2D eigenvalue weighted by Gasteiger charge is 2.63. The number of hydrogen-bond donors (Lipinski definition) is 5. The molecule has 23 heavy (non-hydrogen) atoms. The maximum absolute atomic E-state index is 10.1. The van der Waals surface area contributed by atoms with Crippen molar-refractivity contribution < 1.29 is 29.9 Å². The number of aromatic nitrogens is 1. The van der Waals surface area contributed by atoms with Crippen LogP contribution in [0.1, 0.15) is 0 Å². The number of hydrogen-bond acceptors (Lipinski definition) is 6. The van der Waals surface area contributed by atoms with E-state index in [1.165, 1.54) is 0 Å². The summed E-state index contributed by atoms with van der Waals surface area (Å²) in [4.78, 5) is 2.99. The van der Waals surface area contributed by atoms with Crippen molar-refractivity contribution in [2.24, 2.45) is 0 Å². The Balaban J connectivity index is 1.91. The van der Waals surface area contributed by atoms with Crippen molar-refractivity contribution >= 4 is 38.4 Å². The molecule has 1 saturated heterocycles. The van der Waals surface area contributed by atoms with Crippen LogP contribution in [-0.4, -0.2) is 60.1 Å². The number of benzene rings is 1. The molecule has 0 saturated carbocycles. The van der Waals surface area contributed by atoms with E-state index in [1.807, 2.05) is 18.2 Å². The van der Waals surface area contributed by atoms with E-state index >= 15 is 0 Å². The van der Waals surface area contributed by atoms with E-state index in [0.29, 0.717) is 5.75 Å². The quantitative estimate of drug-likeness (QED) is 0.476. The molecule has 3 rings (SSSR count). The minimum Gasteiger partial charge on any atom is -0.460 e. The summed E-state index contributed by atoms with van der Waals surface area (Å²) in [7, 11) is 0. The van der Waals surface area contributed by atoms with E-state index in [9.17, 15) is 20.4 Å². The van der Waals surface area contributed by atoms with Crippen LogP contribution < -0.4 is 4.74 Å². The van der Waals surface area contributed by atoms with E-state index in [1.54, 1.807) is 12.3 Å². The van der Waals surface area contributed by atoms with Crippen LogP contribution in [-0.2, 0) is 4.74 Å². The molecular weight excluding hydrogens is 394 g/mol. The van der Waals surface area contributed by atoms with Crippen molar-refractivity contribution in [3.63, 3.8) is 0 Å². The van der Waals surface area contributed by atoms with Gasteiger partial charge in [-0.3, -0.25) is 0 Å². The normalized spacial score (nSPS) is 37.9. The number of nitrogens with one attached hydrogen (secondary N) is 1. The summed E-state index contributed by atoms with van der Waals surface area (Å²) >= 11 is 8.78. The number of H-pyrrole nitrogens is 1. The topological polar surface area (TPSA) is 115 Å². The fourth-order valence-electron chi connectivity index (χ4n) is 2.44. The molecule has 2 aromatic rings. The van der Waals surface area contributed by atoms with Crippen LogP contribution in [0.5, 0.6) is 5.75 Å². The van der Waals surface area contributed by atoms with Crippen molar-refractivity contribution in [2.75, 3.05) is 6.61 Å². The third-order valence-electron chi connectivity index (χ3n) is 3.82. The Morgan fingerprint density at radius 3 is 2.74 bits per heavy atom. The lowest BCUT2D eigenvalue weighted by molar-refractivity contribution is -0.300. The third-order valence-corrected chi connectivity index (χ3v) is 5.62. The maximum atomic E-state index is 10.1. The number of rotatable bonds is 3. The van der Waals surface area contributed by atoms with E-state index in [0.717, 1.165) is 10.9 Å². The number of para-hydroxylation sites is 1. The van der Waals surface area contributed by atoms with E-state index in [2.05, 4.69) is 20.9 Å². The SMILES string of the molecule is OC[C@@]1(Br)O[C@H](Oc2c[nH]c3ccccc23)[C@H](O)[C@@H](O)[C@@]1(O)Cl. The first-order valence-corrected chi connectivity index (χ1v) is 7.95. The summed E-state index contributed by atoms with van der Waals surface area (Å²) in [5, 5.41) is 38.0. The first kappa shape index (κ1) is 17.0. The lowest BCUT2D eigenvalue weighted by Crippen LogP contribution is -2.69. The molecule has 7 nitrogen and oxygen atoms in total. The lowest BCUT2D eigenvalue weighted by Gasteiger charge is -2.48. The van der Waals surface area contributed by atoms with Crippen molar-refractivity contribution in [3.8, 4) is 5.75 Å². The second kappa shape index (κ2) is 5.89. The average molecular weight is 409 g/mol. The van der Waals surface area contributed by atoms with E-state index < -0.39 is 34.7 Å². The van der Waals surface area contributed by atoms with Gasteiger partial charge in [-0.1, -0.05) is 23.7 Å². The molecule has 5 N–H and O–H groups in total. The molecule has 0 amide bonds. The van der Waals surface area contributed by atoms with Crippen molar-refractivity contribution in [1.82, 2.24) is 4.98 Å². The Hall–Kier alpha value is -0.870. The smallest absolute Gasteiger partial charge is 0.230 e. The number of halogens is 2. The number of aromatic amines is 1. The number of alkyl halides is 2. The van der Waals surface area contributed by atoms with Gasteiger partial charge in [0, 0.05) is 17.1 Å². The predicted octanol–water partition coefficient (Wildman–Crippen LogP) is 0.636. The Labute approximate surface area is 144 Å². The Kier molecular flexibility index (Phi) is 4.35. The van der Waals surface area contributed by atoms with Crippen LogP contribution in [0.15, 0.2) is 30.5 Å². The molecular formula is C14H15BrClNO6. The van der Waals surface area contributed by atoms with Gasteiger partial charge in [-0.05, 0) is 28.1 Å². The zero-order valence-electron chi connectivity index (χ0n) is 11.7. The number of aliphatic hydroxyl groups is 4. The van der Waals surface area contributed by atoms with Crippen molar-refractivity contribution in [3.05, 3.63) is 30.5 Å². The fourth-order valence-corrected chi connectivity index (χ4v) is 3.09. The molecule has 0 bridgehead atoms. The first-order valence-electron chi connectivity index (χ1n) is 6.78. The van der Waals surface area contributed by atoms with Gasteiger partial charge in [0.15, 0.2) is 4.51 Å². The molecule has 9 heteroatoms. The van der Waals surface area contributed by atoms with Crippen LogP contribution in [0, 0.1) is 0 Å². The highest BCUT2D eigenvalue weighted by Crippen LogP contribution is 2.45. The second-order valence-corrected chi connectivity index (χ2v) is 7.16. The fraction of sp³-hybridized carbons (Fsp3) is 0.429. The van der Waals surface area contributed by atoms with Crippen LogP contribution in [0.2, 0.25) is 0 Å². The Bertz CT molecular complexity index is 709. The highest BCUT2D eigenvalue weighted by atomic mass is 79.9. The molecule has 0 spiro atoms. The maximum Gasteiger partial charge on any atom is 0.230 e. The summed E-state index contributed by atoms with van der Waals surface area (Å²) in [6, 6.07) is 7.31. The number of ether oxygens (including phenoxy) is 2. The monoisotopic (exact) mass is 407 g/mol. The molecule has 1 aliphatic heterocycles. The van der Waals surface area contributed by atoms with Crippen LogP contribution in [0.3, 0.4) is 0 Å². The zero-order chi connectivity index (χ0) is 16.8. The zero-order valence-corrected chi connectivity index (χ0v) is 14.0. The third kappa shape index (κ3) is 2.64. The summed E-state index contributed by atoms with van der Waals surface area (Å²) in [6.07, 6.45) is -3.25. The van der Waals surface area contributed by atoms with Gasteiger partial charge in [0.05, 0.1) is 6.61 Å². The van der Waals surface area contributed by atoms with Gasteiger partial charge in [0.2, 0.25) is 11.4 Å². The van der Waals surface area contributed by atoms with Crippen LogP contribution in [0.4, 0.5) is 0 Å². The van der Waals surface area contributed by atoms with Crippen LogP contribution >= 0.6 is 27.5 Å². The summed E-state index contributed by atoms with van der Waals surface area (Å²) in [5.41, 5.74) is 0.814. The van der Waals surface area contributed by atoms with Gasteiger partial charge >= 0.3 is 0 Å². The lowest BCUT2D eigenvalue weighted by atomic mass is 9.98.